The summed E-state index contributed by atoms with van der Waals surface area (Å²) in [5.41, 5.74) is 5.15. The van der Waals surface area contributed by atoms with E-state index >= 15 is 0 Å². The minimum Gasteiger partial charge on any atom is -0.312 e. The second-order valence-electron chi connectivity index (χ2n) is 1.65. The van der Waals surface area contributed by atoms with Crippen molar-refractivity contribution in [1.29, 1.82) is 0 Å². The summed E-state index contributed by atoms with van der Waals surface area (Å²) in [6.07, 6.45) is 1.66. The third-order valence-electron chi connectivity index (χ3n) is 0.604. The van der Waals surface area contributed by atoms with E-state index in [0.29, 0.717) is 0 Å². The van der Waals surface area contributed by atoms with Crippen molar-refractivity contribution in [3.8, 4) is 0 Å². The van der Waals surface area contributed by atoms with E-state index in [1.807, 2.05) is 0 Å². The number of rotatable bonds is 3. The van der Waals surface area contributed by atoms with Crippen molar-refractivity contribution in [2.75, 3.05) is 6.26 Å². The molecule has 0 aliphatic heterocycles. The van der Waals surface area contributed by atoms with Crippen LogP contribution in [-0.4, -0.2) is 20.8 Å². The fourth-order valence-electron chi connectivity index (χ4n) is 0.295. The van der Waals surface area contributed by atoms with Gasteiger partial charge in [-0.15, -0.1) is 6.58 Å². The van der Waals surface area contributed by atoms with Crippen LogP contribution < -0.4 is 10.5 Å². The fourth-order valence-corrected chi connectivity index (χ4v) is 0.886. The zero-order valence-electron chi connectivity index (χ0n) is 5.16. The maximum Gasteiger partial charge on any atom is 0.210 e. The van der Waals surface area contributed by atoms with E-state index in [1.165, 1.54) is 6.08 Å². The molecule has 0 heterocycles. The Labute approximate surface area is 54.8 Å². The van der Waals surface area contributed by atoms with Gasteiger partial charge in [0.15, 0.2) is 0 Å². The molecular formula is C4H10N2O2S. The molecule has 5 heteroatoms. The molecule has 3 N–H and O–H groups in total. The highest BCUT2D eigenvalue weighted by molar-refractivity contribution is 7.88. The largest absolute Gasteiger partial charge is 0.312 e. The zero-order chi connectivity index (χ0) is 7.49. The van der Waals surface area contributed by atoms with Crippen molar-refractivity contribution in [2.24, 2.45) is 5.73 Å². The van der Waals surface area contributed by atoms with Crippen LogP contribution in [-0.2, 0) is 10.0 Å². The maximum atomic E-state index is 10.4. The van der Waals surface area contributed by atoms with Crippen LogP contribution in [0.2, 0.25) is 0 Å². The smallest absolute Gasteiger partial charge is 0.210 e. The molecule has 54 valence electrons. The molecule has 0 aromatic carbocycles. The summed E-state index contributed by atoms with van der Waals surface area (Å²) in [7, 11) is -3.18. The van der Waals surface area contributed by atoms with Crippen molar-refractivity contribution >= 4 is 10.0 Å². The van der Waals surface area contributed by atoms with Crippen molar-refractivity contribution in [3.63, 3.8) is 0 Å². The molecule has 4 nitrogen and oxygen atoms in total. The second kappa shape index (κ2) is 2.95. The molecule has 0 bridgehead atoms. The lowest BCUT2D eigenvalue weighted by Crippen LogP contribution is -2.38. The lowest BCUT2D eigenvalue weighted by atomic mass is 10.5. The van der Waals surface area contributed by atoms with E-state index in [9.17, 15) is 8.42 Å². The summed E-state index contributed by atoms with van der Waals surface area (Å²) < 4.78 is 22.8. The molecule has 1 atom stereocenters. The first-order valence-electron chi connectivity index (χ1n) is 2.31. The summed E-state index contributed by atoms with van der Waals surface area (Å²) >= 11 is 0. The zero-order valence-corrected chi connectivity index (χ0v) is 5.98. The van der Waals surface area contributed by atoms with E-state index in [2.05, 4.69) is 11.3 Å². The number of nitrogens with two attached hydrogens (primary N) is 1. The SMILES string of the molecule is C=CC(N)NS(C)(=O)=O. The second-order valence-corrected chi connectivity index (χ2v) is 3.43. The Balaban J connectivity index is 3.89. The topological polar surface area (TPSA) is 72.2 Å². The normalized spacial score (nSPS) is 14.9. The first kappa shape index (κ1) is 8.61. The van der Waals surface area contributed by atoms with Gasteiger partial charge in [-0.3, -0.25) is 0 Å². The fraction of sp³-hybridized carbons (Fsp3) is 0.500. The summed E-state index contributed by atoms with van der Waals surface area (Å²) in [4.78, 5) is 0. The maximum absolute atomic E-state index is 10.4. The predicted octanol–water partition coefficient (Wildman–Crippen LogP) is -0.994. The van der Waals surface area contributed by atoms with Crippen molar-refractivity contribution in [1.82, 2.24) is 4.72 Å². The Morgan fingerprint density at radius 1 is 1.78 bits per heavy atom. The molecular weight excluding hydrogens is 140 g/mol. The van der Waals surface area contributed by atoms with Crippen LogP contribution in [0.4, 0.5) is 0 Å². The van der Waals surface area contributed by atoms with Gasteiger partial charge in [0.1, 0.15) is 0 Å². The number of nitrogens with one attached hydrogen (secondary N) is 1. The molecule has 0 aromatic heterocycles. The average Bonchev–Trinajstić information content (AvgIpc) is 1.62. The van der Waals surface area contributed by atoms with Crippen LogP contribution in [0.15, 0.2) is 12.7 Å². The average molecular weight is 150 g/mol. The number of hydrogen-bond acceptors (Lipinski definition) is 3. The van der Waals surface area contributed by atoms with Crippen LogP contribution in [0.1, 0.15) is 0 Å². The van der Waals surface area contributed by atoms with Gasteiger partial charge < -0.3 is 5.73 Å². The quantitative estimate of drug-likeness (QED) is 0.400. The third-order valence-corrected chi connectivity index (χ3v) is 1.30. The monoisotopic (exact) mass is 150 g/mol. The van der Waals surface area contributed by atoms with E-state index < -0.39 is 16.2 Å². The van der Waals surface area contributed by atoms with E-state index in [1.54, 1.807) is 0 Å². The third kappa shape index (κ3) is 5.48. The Morgan fingerprint density at radius 3 is 2.33 bits per heavy atom. The van der Waals surface area contributed by atoms with Crippen LogP contribution in [0.5, 0.6) is 0 Å². The molecule has 0 saturated heterocycles. The van der Waals surface area contributed by atoms with Crippen molar-refractivity contribution in [3.05, 3.63) is 12.7 Å². The van der Waals surface area contributed by atoms with Crippen LogP contribution >= 0.6 is 0 Å². The molecule has 0 fully saturated rings. The molecule has 0 aliphatic carbocycles. The van der Waals surface area contributed by atoms with E-state index in [4.69, 9.17) is 5.73 Å². The van der Waals surface area contributed by atoms with Gasteiger partial charge in [-0.1, -0.05) is 6.08 Å². The van der Waals surface area contributed by atoms with E-state index in [0.717, 1.165) is 6.26 Å². The molecule has 9 heavy (non-hydrogen) atoms. The minimum atomic E-state index is -3.18. The molecule has 0 aliphatic rings. The molecule has 0 amide bonds. The van der Waals surface area contributed by atoms with Gasteiger partial charge in [0.05, 0.1) is 12.4 Å². The highest BCUT2D eigenvalue weighted by atomic mass is 32.2. The van der Waals surface area contributed by atoms with Gasteiger partial charge in [-0.2, -0.15) is 4.72 Å². The van der Waals surface area contributed by atoms with Gasteiger partial charge in [0, 0.05) is 0 Å². The van der Waals surface area contributed by atoms with Crippen LogP contribution in [0.25, 0.3) is 0 Å². The lowest BCUT2D eigenvalue weighted by Gasteiger charge is -2.04. The lowest BCUT2D eigenvalue weighted by molar-refractivity contribution is 0.580. The van der Waals surface area contributed by atoms with Gasteiger partial charge in [0.2, 0.25) is 10.0 Å². The summed E-state index contributed by atoms with van der Waals surface area (Å²) in [5.74, 6) is 0. The highest BCUT2D eigenvalue weighted by Crippen LogP contribution is 1.77. The Kier molecular flexibility index (Phi) is 2.83. The van der Waals surface area contributed by atoms with Gasteiger partial charge in [-0.25, -0.2) is 8.42 Å². The van der Waals surface area contributed by atoms with Crippen LogP contribution in [0, 0.1) is 0 Å². The van der Waals surface area contributed by atoms with E-state index in [-0.39, 0.29) is 0 Å². The first-order valence-corrected chi connectivity index (χ1v) is 4.20. The van der Waals surface area contributed by atoms with Gasteiger partial charge in [0.25, 0.3) is 0 Å². The van der Waals surface area contributed by atoms with Crippen molar-refractivity contribution in [2.45, 2.75) is 6.17 Å². The Morgan fingerprint density at radius 2 is 2.22 bits per heavy atom. The minimum absolute atomic E-state index is 0.681. The molecule has 0 aromatic rings. The van der Waals surface area contributed by atoms with Gasteiger partial charge in [-0.05, 0) is 0 Å². The van der Waals surface area contributed by atoms with Crippen molar-refractivity contribution < 1.29 is 8.42 Å². The summed E-state index contributed by atoms with van der Waals surface area (Å²) in [5, 5.41) is 0. The highest BCUT2D eigenvalue weighted by Gasteiger charge is 2.02. The predicted molar refractivity (Wildman–Crippen MR) is 36.2 cm³/mol. The Hall–Kier alpha value is -0.390. The summed E-state index contributed by atoms with van der Waals surface area (Å²) in [6.45, 7) is 3.29. The van der Waals surface area contributed by atoms with Crippen LogP contribution in [0.3, 0.4) is 0 Å². The molecule has 1 unspecified atom stereocenters. The molecule has 0 saturated carbocycles. The molecule has 0 rings (SSSR count). The molecule has 0 radical (unpaired) electrons. The molecule has 0 spiro atoms. The first-order chi connectivity index (χ1) is 3.95. The Bertz CT molecular complexity index is 185. The summed E-state index contributed by atoms with van der Waals surface area (Å²) in [6, 6.07) is 0. The van der Waals surface area contributed by atoms with Gasteiger partial charge >= 0.3 is 0 Å². The number of hydrogen-bond donors (Lipinski definition) is 2. The number of sulfonamides is 1. The standard InChI is InChI=1S/C4H10N2O2S/c1-3-4(5)6-9(2,7)8/h3-4,6H,1,5H2,2H3.